The van der Waals surface area contributed by atoms with Gasteiger partial charge in [0.25, 0.3) is 5.91 Å². The van der Waals surface area contributed by atoms with E-state index in [9.17, 15) is 9.90 Å². The zero-order valence-corrected chi connectivity index (χ0v) is 11.5. The zero-order valence-electron chi connectivity index (χ0n) is 11.5. The van der Waals surface area contributed by atoms with Crippen molar-refractivity contribution in [1.29, 1.82) is 0 Å². The Balaban J connectivity index is 2.04. The van der Waals surface area contributed by atoms with Crippen LogP contribution in [0, 0.1) is 6.92 Å². The zero-order chi connectivity index (χ0) is 13.8. The van der Waals surface area contributed by atoms with Crippen LogP contribution < -0.4 is 4.74 Å². The van der Waals surface area contributed by atoms with E-state index in [1.54, 1.807) is 4.90 Å². The smallest absolute Gasteiger partial charge is 0.263 e. The van der Waals surface area contributed by atoms with E-state index >= 15 is 0 Å². The van der Waals surface area contributed by atoms with E-state index in [1.807, 2.05) is 38.1 Å². The van der Waals surface area contributed by atoms with Gasteiger partial charge >= 0.3 is 0 Å². The van der Waals surface area contributed by atoms with Crippen molar-refractivity contribution in [3.8, 4) is 5.75 Å². The third-order valence-electron chi connectivity index (χ3n) is 3.48. The predicted molar refractivity (Wildman–Crippen MR) is 73.1 cm³/mol. The maximum Gasteiger partial charge on any atom is 0.263 e. The molecule has 0 aromatic heterocycles. The molecule has 1 aliphatic rings. The molecule has 2 atom stereocenters. The molecular formula is C15H21NO3. The van der Waals surface area contributed by atoms with Crippen LogP contribution in [0.4, 0.5) is 0 Å². The van der Waals surface area contributed by atoms with Gasteiger partial charge in [0.15, 0.2) is 6.10 Å². The van der Waals surface area contributed by atoms with Crippen molar-refractivity contribution in [1.82, 2.24) is 4.90 Å². The molecule has 1 N–H and O–H groups in total. The summed E-state index contributed by atoms with van der Waals surface area (Å²) in [5, 5.41) is 9.50. The lowest BCUT2D eigenvalue weighted by molar-refractivity contribution is -0.138. The number of ether oxygens (including phenoxy) is 1. The first-order chi connectivity index (χ1) is 9.11. The van der Waals surface area contributed by atoms with Crippen LogP contribution in [0.2, 0.25) is 0 Å². The highest BCUT2D eigenvalue weighted by Crippen LogP contribution is 2.20. The minimum Gasteiger partial charge on any atom is -0.480 e. The third-order valence-corrected chi connectivity index (χ3v) is 3.48. The summed E-state index contributed by atoms with van der Waals surface area (Å²) in [4.78, 5) is 14.0. The number of likely N-dealkylation sites (tertiary alicyclic amines) is 1. The van der Waals surface area contributed by atoms with E-state index in [4.69, 9.17) is 4.74 Å². The number of nitrogens with zero attached hydrogens (tertiary/aromatic N) is 1. The van der Waals surface area contributed by atoms with Crippen molar-refractivity contribution >= 4 is 5.91 Å². The Bertz CT molecular complexity index is 447. The molecule has 0 radical (unpaired) electrons. The van der Waals surface area contributed by atoms with Gasteiger partial charge in [-0.25, -0.2) is 0 Å². The maximum absolute atomic E-state index is 12.3. The SMILES string of the molecule is CCC(Oc1ccccc1C)C(=O)N1CC[C@@H](O)C1. The normalized spacial score (nSPS) is 20.4. The van der Waals surface area contributed by atoms with Crippen molar-refractivity contribution in [2.45, 2.75) is 38.9 Å². The van der Waals surface area contributed by atoms with Crippen molar-refractivity contribution in [2.75, 3.05) is 13.1 Å². The average Bonchev–Trinajstić information content (AvgIpc) is 2.84. The summed E-state index contributed by atoms with van der Waals surface area (Å²) >= 11 is 0. The molecule has 1 aliphatic heterocycles. The number of carbonyl (C=O) groups is 1. The van der Waals surface area contributed by atoms with Gasteiger partial charge in [-0.15, -0.1) is 0 Å². The van der Waals surface area contributed by atoms with Crippen molar-refractivity contribution in [3.63, 3.8) is 0 Å². The van der Waals surface area contributed by atoms with Crippen LogP contribution in [-0.2, 0) is 4.79 Å². The molecule has 0 spiro atoms. The minimum atomic E-state index is -0.466. The van der Waals surface area contributed by atoms with Gasteiger partial charge in [-0.1, -0.05) is 25.1 Å². The molecule has 0 saturated carbocycles. The van der Waals surface area contributed by atoms with E-state index in [2.05, 4.69) is 0 Å². The highest BCUT2D eigenvalue weighted by Gasteiger charge is 2.30. The number of aliphatic hydroxyl groups excluding tert-OH is 1. The molecule has 4 nitrogen and oxygen atoms in total. The van der Waals surface area contributed by atoms with Gasteiger partial charge in [-0.3, -0.25) is 4.79 Å². The van der Waals surface area contributed by atoms with Gasteiger partial charge in [0, 0.05) is 13.1 Å². The second-order valence-electron chi connectivity index (χ2n) is 5.01. The first kappa shape index (κ1) is 13.9. The van der Waals surface area contributed by atoms with Gasteiger partial charge in [0.05, 0.1) is 6.10 Å². The molecule has 104 valence electrons. The van der Waals surface area contributed by atoms with Gasteiger partial charge in [-0.05, 0) is 31.4 Å². The van der Waals surface area contributed by atoms with E-state index in [1.165, 1.54) is 0 Å². The van der Waals surface area contributed by atoms with Gasteiger partial charge < -0.3 is 14.7 Å². The number of hydrogen-bond donors (Lipinski definition) is 1. The fourth-order valence-corrected chi connectivity index (χ4v) is 2.30. The van der Waals surface area contributed by atoms with Crippen molar-refractivity contribution in [3.05, 3.63) is 29.8 Å². The molecule has 0 aliphatic carbocycles. The van der Waals surface area contributed by atoms with Crippen LogP contribution in [0.5, 0.6) is 5.75 Å². The van der Waals surface area contributed by atoms with E-state index in [0.717, 1.165) is 11.3 Å². The molecule has 1 amide bonds. The average molecular weight is 263 g/mol. The number of rotatable bonds is 4. The lowest BCUT2D eigenvalue weighted by Gasteiger charge is -2.23. The van der Waals surface area contributed by atoms with Crippen LogP contribution >= 0.6 is 0 Å². The second kappa shape index (κ2) is 6.06. The number of amides is 1. The van der Waals surface area contributed by atoms with Crippen LogP contribution in [0.25, 0.3) is 0 Å². The predicted octanol–water partition coefficient (Wildman–Crippen LogP) is 1.75. The summed E-state index contributed by atoms with van der Waals surface area (Å²) in [6, 6.07) is 7.69. The summed E-state index contributed by atoms with van der Waals surface area (Å²) < 4.78 is 5.83. The van der Waals surface area contributed by atoms with Gasteiger partial charge in [0.2, 0.25) is 0 Å². The first-order valence-electron chi connectivity index (χ1n) is 6.81. The molecule has 1 fully saturated rings. The van der Waals surface area contributed by atoms with Gasteiger partial charge in [-0.2, -0.15) is 0 Å². The molecule has 1 unspecified atom stereocenters. The summed E-state index contributed by atoms with van der Waals surface area (Å²) in [6.45, 7) is 4.94. The number of carbonyl (C=O) groups excluding carboxylic acids is 1. The third kappa shape index (κ3) is 3.26. The number of hydrogen-bond acceptors (Lipinski definition) is 3. The molecule has 1 heterocycles. The number of aryl methyl sites for hydroxylation is 1. The van der Waals surface area contributed by atoms with E-state index < -0.39 is 6.10 Å². The lowest BCUT2D eigenvalue weighted by atomic mass is 10.2. The van der Waals surface area contributed by atoms with E-state index in [-0.39, 0.29) is 12.0 Å². The standard InChI is InChI=1S/C15H21NO3/c1-3-13(15(18)16-9-8-12(17)10-16)19-14-7-5-4-6-11(14)2/h4-7,12-13,17H,3,8-10H2,1-2H3/t12-,13?/m1/s1. The lowest BCUT2D eigenvalue weighted by Crippen LogP contribution is -2.40. The molecule has 1 aromatic rings. The largest absolute Gasteiger partial charge is 0.480 e. The Labute approximate surface area is 114 Å². The van der Waals surface area contributed by atoms with Crippen LogP contribution in [0.15, 0.2) is 24.3 Å². The fourth-order valence-electron chi connectivity index (χ4n) is 2.30. The quantitative estimate of drug-likeness (QED) is 0.900. The number of β-amino-alcohol motifs (C(OH)–C–C–N with tert-alkyl or cyclic N) is 1. The highest BCUT2D eigenvalue weighted by molar-refractivity contribution is 5.81. The molecule has 19 heavy (non-hydrogen) atoms. The van der Waals surface area contributed by atoms with Crippen LogP contribution in [0.3, 0.4) is 0 Å². The Morgan fingerprint density at radius 3 is 2.84 bits per heavy atom. The summed E-state index contributed by atoms with van der Waals surface area (Å²) in [5.74, 6) is 0.727. The number of aliphatic hydroxyl groups is 1. The maximum atomic E-state index is 12.3. The number of benzene rings is 1. The van der Waals surface area contributed by atoms with Crippen LogP contribution in [-0.4, -0.2) is 41.2 Å². The summed E-state index contributed by atoms with van der Waals surface area (Å²) in [6.07, 6.45) is 0.429. The Kier molecular flexibility index (Phi) is 4.43. The molecular weight excluding hydrogens is 242 g/mol. The van der Waals surface area contributed by atoms with Crippen LogP contribution in [0.1, 0.15) is 25.3 Å². The Hall–Kier alpha value is -1.55. The first-order valence-corrected chi connectivity index (χ1v) is 6.81. The number of para-hydroxylation sites is 1. The highest BCUT2D eigenvalue weighted by atomic mass is 16.5. The monoisotopic (exact) mass is 263 g/mol. The summed E-state index contributed by atoms with van der Waals surface area (Å²) in [5.41, 5.74) is 1.02. The molecule has 2 rings (SSSR count). The molecule has 1 saturated heterocycles. The van der Waals surface area contributed by atoms with Gasteiger partial charge in [0.1, 0.15) is 5.75 Å². The Morgan fingerprint density at radius 2 is 2.26 bits per heavy atom. The topological polar surface area (TPSA) is 49.8 Å². The van der Waals surface area contributed by atoms with Crippen molar-refractivity contribution in [2.24, 2.45) is 0 Å². The Morgan fingerprint density at radius 1 is 1.53 bits per heavy atom. The molecule has 1 aromatic carbocycles. The minimum absolute atomic E-state index is 0.0256. The second-order valence-corrected chi connectivity index (χ2v) is 5.01. The molecule has 4 heteroatoms. The van der Waals surface area contributed by atoms with Crippen molar-refractivity contribution < 1.29 is 14.6 Å². The fraction of sp³-hybridized carbons (Fsp3) is 0.533. The van der Waals surface area contributed by atoms with E-state index in [0.29, 0.717) is 25.9 Å². The summed E-state index contributed by atoms with van der Waals surface area (Å²) in [7, 11) is 0. The molecule has 0 bridgehead atoms.